The third kappa shape index (κ3) is 5.20. The maximum absolute atomic E-state index is 13.1. The van der Waals surface area contributed by atoms with Crippen LogP contribution >= 0.6 is 11.3 Å². The van der Waals surface area contributed by atoms with E-state index >= 15 is 0 Å². The highest BCUT2D eigenvalue weighted by Gasteiger charge is 2.29. The number of hydrogen-bond donors (Lipinski definition) is 1. The topological polar surface area (TPSA) is 64.4 Å². The summed E-state index contributed by atoms with van der Waals surface area (Å²) in [5.74, 6) is 1.47. The molecule has 0 spiro atoms. The number of thiazole rings is 1. The standard InChI is InChI=1S/C21H30N2O3S/c1-14(2)12-21(3,4)13-22-20-23-17(16-6-5-9-26-16)19(27-20)18(24)15-7-10-25-11-8-15/h5-6,9,14-15H,7-8,10-13H2,1-4H3,(H,22,23). The third-order valence-corrected chi connectivity index (χ3v) is 5.90. The number of Topliss-reactive ketones (excluding diaryl/α,β-unsaturated/α-hetero) is 1. The molecule has 0 bridgehead atoms. The van der Waals surface area contributed by atoms with Crippen molar-refractivity contribution in [3.05, 3.63) is 23.3 Å². The number of carbonyl (C=O) groups is 1. The predicted molar refractivity (Wildman–Crippen MR) is 109 cm³/mol. The number of anilines is 1. The molecule has 3 heterocycles. The molecule has 0 amide bonds. The molecule has 1 aliphatic rings. The fourth-order valence-electron chi connectivity index (χ4n) is 3.78. The molecule has 148 valence electrons. The zero-order valence-corrected chi connectivity index (χ0v) is 17.5. The summed E-state index contributed by atoms with van der Waals surface area (Å²) in [6.07, 6.45) is 4.30. The van der Waals surface area contributed by atoms with Crippen LogP contribution in [-0.4, -0.2) is 30.5 Å². The van der Waals surface area contributed by atoms with E-state index in [1.807, 2.05) is 12.1 Å². The first-order chi connectivity index (χ1) is 12.9. The van der Waals surface area contributed by atoms with Gasteiger partial charge in [-0.2, -0.15) is 0 Å². The molecule has 6 heteroatoms. The van der Waals surface area contributed by atoms with Crippen LogP contribution in [-0.2, 0) is 4.74 Å². The Kier molecular flexibility index (Phi) is 6.37. The highest BCUT2D eigenvalue weighted by molar-refractivity contribution is 7.18. The van der Waals surface area contributed by atoms with Crippen LogP contribution in [0.2, 0.25) is 0 Å². The Hall–Kier alpha value is -1.66. The Morgan fingerprint density at radius 3 is 2.74 bits per heavy atom. The van der Waals surface area contributed by atoms with Gasteiger partial charge in [-0.15, -0.1) is 0 Å². The van der Waals surface area contributed by atoms with Gasteiger partial charge in [-0.05, 0) is 42.7 Å². The van der Waals surface area contributed by atoms with Crippen molar-refractivity contribution in [1.29, 1.82) is 0 Å². The van der Waals surface area contributed by atoms with Crippen molar-refractivity contribution in [3.8, 4) is 11.5 Å². The fourth-order valence-corrected chi connectivity index (χ4v) is 4.77. The number of nitrogens with one attached hydrogen (secondary N) is 1. The molecule has 1 fully saturated rings. The van der Waals surface area contributed by atoms with E-state index in [1.165, 1.54) is 11.3 Å². The molecular formula is C21H30N2O3S. The van der Waals surface area contributed by atoms with Gasteiger partial charge in [0.15, 0.2) is 16.7 Å². The lowest BCUT2D eigenvalue weighted by Gasteiger charge is -2.26. The van der Waals surface area contributed by atoms with Gasteiger partial charge in [0.2, 0.25) is 0 Å². The van der Waals surface area contributed by atoms with Crippen LogP contribution in [0.15, 0.2) is 22.8 Å². The van der Waals surface area contributed by atoms with E-state index in [1.54, 1.807) is 6.26 Å². The van der Waals surface area contributed by atoms with Gasteiger partial charge < -0.3 is 14.5 Å². The molecule has 1 saturated heterocycles. The van der Waals surface area contributed by atoms with Crippen molar-refractivity contribution >= 4 is 22.3 Å². The van der Waals surface area contributed by atoms with Crippen LogP contribution in [0.25, 0.3) is 11.5 Å². The van der Waals surface area contributed by atoms with E-state index in [4.69, 9.17) is 14.1 Å². The van der Waals surface area contributed by atoms with E-state index in [9.17, 15) is 4.79 Å². The molecule has 3 rings (SSSR count). The van der Waals surface area contributed by atoms with Crippen molar-refractivity contribution in [2.24, 2.45) is 17.3 Å². The molecule has 0 unspecified atom stereocenters. The molecule has 0 atom stereocenters. The Morgan fingerprint density at radius 1 is 1.37 bits per heavy atom. The maximum Gasteiger partial charge on any atom is 0.184 e. The van der Waals surface area contributed by atoms with Crippen LogP contribution in [0.1, 0.15) is 56.6 Å². The monoisotopic (exact) mass is 390 g/mol. The second-order valence-corrected chi connectivity index (χ2v) is 9.54. The summed E-state index contributed by atoms with van der Waals surface area (Å²) in [5, 5.41) is 4.25. The zero-order valence-electron chi connectivity index (χ0n) is 16.7. The zero-order chi connectivity index (χ0) is 19.4. The molecule has 1 aliphatic heterocycles. The molecule has 5 nitrogen and oxygen atoms in total. The smallest absolute Gasteiger partial charge is 0.184 e. The molecule has 2 aromatic heterocycles. The second-order valence-electron chi connectivity index (χ2n) is 8.54. The van der Waals surface area contributed by atoms with Crippen LogP contribution < -0.4 is 5.32 Å². The number of aromatic nitrogens is 1. The highest BCUT2D eigenvalue weighted by Crippen LogP contribution is 2.36. The normalized spacial score (nSPS) is 16.0. The summed E-state index contributed by atoms with van der Waals surface area (Å²) < 4.78 is 11.0. The molecular weight excluding hydrogens is 360 g/mol. The van der Waals surface area contributed by atoms with Gasteiger partial charge in [0, 0.05) is 25.7 Å². The maximum atomic E-state index is 13.1. The molecule has 27 heavy (non-hydrogen) atoms. The second kappa shape index (κ2) is 8.57. The number of furan rings is 1. The number of rotatable bonds is 8. The summed E-state index contributed by atoms with van der Waals surface area (Å²) in [4.78, 5) is 18.5. The molecule has 0 radical (unpaired) electrons. The Balaban J connectivity index is 1.81. The van der Waals surface area contributed by atoms with Crippen molar-refractivity contribution in [2.75, 3.05) is 25.1 Å². The van der Waals surface area contributed by atoms with E-state index in [-0.39, 0.29) is 17.1 Å². The lowest BCUT2D eigenvalue weighted by Crippen LogP contribution is -2.24. The first-order valence-electron chi connectivity index (χ1n) is 9.76. The number of ether oxygens (including phenoxy) is 1. The predicted octanol–water partition coefficient (Wildman–Crippen LogP) is 5.50. The molecule has 1 N–H and O–H groups in total. The van der Waals surface area contributed by atoms with Gasteiger partial charge in [0.1, 0.15) is 10.6 Å². The number of carbonyl (C=O) groups excluding carboxylic acids is 1. The minimum absolute atomic E-state index is 0.0122. The molecule has 0 aromatic carbocycles. The number of nitrogens with zero attached hydrogens (tertiary/aromatic N) is 1. The van der Waals surface area contributed by atoms with Crippen LogP contribution in [0.4, 0.5) is 5.13 Å². The molecule has 0 saturated carbocycles. The quantitative estimate of drug-likeness (QED) is 0.603. The minimum atomic E-state index is 0.0122. The van der Waals surface area contributed by atoms with Gasteiger partial charge in [-0.1, -0.05) is 39.0 Å². The average molecular weight is 391 g/mol. The first-order valence-corrected chi connectivity index (χ1v) is 10.6. The van der Waals surface area contributed by atoms with Gasteiger partial charge >= 0.3 is 0 Å². The third-order valence-electron chi connectivity index (χ3n) is 4.88. The summed E-state index contributed by atoms with van der Waals surface area (Å²) in [5.41, 5.74) is 0.820. The largest absolute Gasteiger partial charge is 0.463 e. The van der Waals surface area contributed by atoms with Gasteiger partial charge in [0.25, 0.3) is 0 Å². The first kappa shape index (κ1) is 20.1. The van der Waals surface area contributed by atoms with Crippen LogP contribution in [0.3, 0.4) is 0 Å². The summed E-state index contributed by atoms with van der Waals surface area (Å²) in [6, 6.07) is 3.69. The van der Waals surface area contributed by atoms with Crippen LogP contribution in [0, 0.1) is 17.3 Å². The van der Waals surface area contributed by atoms with Crippen molar-refractivity contribution < 1.29 is 13.9 Å². The van der Waals surface area contributed by atoms with Crippen molar-refractivity contribution in [1.82, 2.24) is 4.98 Å². The van der Waals surface area contributed by atoms with E-state index in [2.05, 4.69) is 33.0 Å². The van der Waals surface area contributed by atoms with Crippen LogP contribution in [0.5, 0.6) is 0 Å². The summed E-state index contributed by atoms with van der Waals surface area (Å²) in [7, 11) is 0. The molecule has 0 aliphatic carbocycles. The molecule has 2 aromatic rings. The summed E-state index contributed by atoms with van der Waals surface area (Å²) in [6.45, 7) is 11.1. The Morgan fingerprint density at radius 2 is 2.11 bits per heavy atom. The van der Waals surface area contributed by atoms with Gasteiger partial charge in [-0.25, -0.2) is 4.98 Å². The Bertz CT molecular complexity index is 744. The van der Waals surface area contributed by atoms with E-state index < -0.39 is 0 Å². The fraction of sp³-hybridized carbons (Fsp3) is 0.619. The lowest BCUT2D eigenvalue weighted by molar-refractivity contribution is 0.0547. The summed E-state index contributed by atoms with van der Waals surface area (Å²) >= 11 is 1.45. The average Bonchev–Trinajstić information content (AvgIpc) is 3.28. The van der Waals surface area contributed by atoms with Crippen molar-refractivity contribution in [2.45, 2.75) is 47.0 Å². The number of ketones is 1. The SMILES string of the molecule is CC(C)CC(C)(C)CNc1nc(-c2ccco2)c(C(=O)C2CCOCC2)s1. The highest BCUT2D eigenvalue weighted by atomic mass is 32.1. The minimum Gasteiger partial charge on any atom is -0.463 e. The van der Waals surface area contributed by atoms with E-state index in [0.29, 0.717) is 35.5 Å². The van der Waals surface area contributed by atoms with E-state index in [0.717, 1.165) is 30.9 Å². The van der Waals surface area contributed by atoms with Gasteiger partial charge in [0.05, 0.1) is 6.26 Å². The Labute approximate surface area is 165 Å². The van der Waals surface area contributed by atoms with Crippen molar-refractivity contribution in [3.63, 3.8) is 0 Å². The lowest BCUT2D eigenvalue weighted by atomic mass is 9.84. The van der Waals surface area contributed by atoms with Gasteiger partial charge in [-0.3, -0.25) is 4.79 Å². The number of hydrogen-bond acceptors (Lipinski definition) is 6.